The molecule has 0 atom stereocenters. The number of aromatic nitrogens is 3. The smallest absolute Gasteiger partial charge is 0.338 e. The van der Waals surface area contributed by atoms with Gasteiger partial charge in [0, 0.05) is 27.7 Å². The molecule has 202 valence electrons. The molecule has 0 spiro atoms. The molecule has 0 aliphatic carbocycles. The molecule has 4 rings (SSSR count). The first-order valence-electron chi connectivity index (χ1n) is 13.4. The number of ether oxygens (including phenoxy) is 2. The molecule has 0 amide bonds. The van der Waals surface area contributed by atoms with E-state index in [0.717, 1.165) is 12.0 Å². The molecule has 39 heavy (non-hydrogen) atoms. The first kappa shape index (κ1) is 28.1. The second-order valence-electron chi connectivity index (χ2n) is 9.01. The van der Waals surface area contributed by atoms with Crippen molar-refractivity contribution in [3.63, 3.8) is 0 Å². The number of nitrogens with zero attached hydrogens (tertiary/aromatic N) is 3. The van der Waals surface area contributed by atoms with Crippen molar-refractivity contribution in [2.45, 2.75) is 52.9 Å². The monoisotopic (exact) mass is 543 g/mol. The molecular formula is C31H33N3O4S. The molecule has 0 N–H and O–H groups in total. The Hall–Kier alpha value is -3.91. The number of carbonyl (C=O) groups is 2. The van der Waals surface area contributed by atoms with Crippen molar-refractivity contribution in [1.82, 2.24) is 15.0 Å². The number of carbonyl (C=O) groups excluding carboxylic acids is 2. The quantitative estimate of drug-likeness (QED) is 0.136. The van der Waals surface area contributed by atoms with E-state index >= 15 is 0 Å². The molecule has 4 aromatic heterocycles. The Kier molecular flexibility index (Phi) is 9.91. The lowest BCUT2D eigenvalue weighted by Crippen LogP contribution is -2.07. The van der Waals surface area contributed by atoms with Gasteiger partial charge in [0.1, 0.15) is 0 Å². The summed E-state index contributed by atoms with van der Waals surface area (Å²) in [5.74, 6) is -0.913. The molecule has 0 saturated carbocycles. The zero-order chi connectivity index (χ0) is 27.6. The lowest BCUT2D eigenvalue weighted by atomic mass is 10.1. The molecular weight excluding hydrogens is 510 g/mol. The van der Waals surface area contributed by atoms with Crippen molar-refractivity contribution >= 4 is 23.3 Å². The zero-order valence-corrected chi connectivity index (χ0v) is 23.4. The highest BCUT2D eigenvalue weighted by atomic mass is 32.1. The van der Waals surface area contributed by atoms with Crippen LogP contribution in [0.4, 0.5) is 0 Å². The maximum absolute atomic E-state index is 12.7. The Bertz CT molecular complexity index is 1420. The number of unbranched alkanes of at least 4 members (excludes halogenated alkanes) is 3. The summed E-state index contributed by atoms with van der Waals surface area (Å²) < 4.78 is 10.4. The van der Waals surface area contributed by atoms with Gasteiger partial charge in [-0.15, -0.1) is 11.3 Å². The van der Waals surface area contributed by atoms with E-state index in [0.29, 0.717) is 33.9 Å². The molecule has 4 heterocycles. The predicted octanol–water partition coefficient (Wildman–Crippen LogP) is 7.41. The highest BCUT2D eigenvalue weighted by molar-refractivity contribution is 7.15. The fourth-order valence-electron chi connectivity index (χ4n) is 4.12. The molecule has 0 aliphatic heterocycles. The van der Waals surface area contributed by atoms with E-state index in [1.54, 1.807) is 49.4 Å². The van der Waals surface area contributed by atoms with Crippen LogP contribution in [0.1, 0.15) is 72.0 Å². The van der Waals surface area contributed by atoms with Crippen molar-refractivity contribution in [3.05, 3.63) is 76.9 Å². The molecule has 7 nitrogen and oxygen atoms in total. The largest absolute Gasteiger partial charge is 0.462 e. The van der Waals surface area contributed by atoms with E-state index in [2.05, 4.69) is 29.0 Å². The molecule has 0 aromatic carbocycles. The van der Waals surface area contributed by atoms with Gasteiger partial charge in [-0.2, -0.15) is 0 Å². The van der Waals surface area contributed by atoms with Crippen molar-refractivity contribution in [1.29, 1.82) is 0 Å². The maximum atomic E-state index is 12.7. The second kappa shape index (κ2) is 13.8. The summed E-state index contributed by atoms with van der Waals surface area (Å²) in [6.07, 6.45) is 9.46. The Balaban J connectivity index is 1.63. The summed E-state index contributed by atoms with van der Waals surface area (Å²) in [6, 6.07) is 14.7. The number of rotatable bonds is 12. The third-order valence-corrected chi connectivity index (χ3v) is 7.31. The minimum atomic E-state index is -0.467. The summed E-state index contributed by atoms with van der Waals surface area (Å²) in [7, 11) is 0. The van der Waals surface area contributed by atoms with Gasteiger partial charge in [-0.05, 0) is 75.2 Å². The molecule has 4 aromatic rings. The molecule has 0 saturated heterocycles. The number of aryl methyl sites for hydroxylation is 1. The minimum absolute atomic E-state index is 0.247. The van der Waals surface area contributed by atoms with E-state index in [9.17, 15) is 9.59 Å². The van der Waals surface area contributed by atoms with E-state index in [4.69, 9.17) is 14.5 Å². The van der Waals surface area contributed by atoms with Gasteiger partial charge in [0.2, 0.25) is 0 Å². The number of esters is 2. The highest BCUT2D eigenvalue weighted by Crippen LogP contribution is 2.30. The van der Waals surface area contributed by atoms with E-state index in [1.807, 2.05) is 18.3 Å². The van der Waals surface area contributed by atoms with Gasteiger partial charge in [0.15, 0.2) is 0 Å². The molecule has 0 unspecified atom stereocenters. The third kappa shape index (κ3) is 7.35. The second-order valence-corrected chi connectivity index (χ2v) is 10.2. The molecule has 0 aliphatic rings. The van der Waals surface area contributed by atoms with E-state index < -0.39 is 11.9 Å². The van der Waals surface area contributed by atoms with Crippen molar-refractivity contribution in [2.24, 2.45) is 0 Å². The molecule has 0 fully saturated rings. The normalized spacial score (nSPS) is 10.8. The van der Waals surface area contributed by atoms with Crippen LogP contribution >= 0.6 is 11.3 Å². The average molecular weight is 544 g/mol. The average Bonchev–Trinajstić information content (AvgIpc) is 3.44. The Morgan fingerprint density at radius 3 is 2.15 bits per heavy atom. The van der Waals surface area contributed by atoms with Crippen molar-refractivity contribution < 1.29 is 19.1 Å². The summed E-state index contributed by atoms with van der Waals surface area (Å²) >= 11 is 1.80. The first-order chi connectivity index (χ1) is 19.0. The number of hydrogen-bond acceptors (Lipinski definition) is 8. The van der Waals surface area contributed by atoms with Gasteiger partial charge in [-0.1, -0.05) is 26.2 Å². The summed E-state index contributed by atoms with van der Waals surface area (Å²) in [4.78, 5) is 41.3. The fraction of sp³-hybridized carbons (Fsp3) is 0.323. The van der Waals surface area contributed by atoms with Crippen LogP contribution in [0.25, 0.3) is 33.2 Å². The minimum Gasteiger partial charge on any atom is -0.462 e. The lowest BCUT2D eigenvalue weighted by molar-refractivity contribution is 0.0516. The van der Waals surface area contributed by atoms with E-state index in [1.165, 1.54) is 41.6 Å². The third-order valence-electron chi connectivity index (χ3n) is 6.12. The van der Waals surface area contributed by atoms with Crippen LogP contribution in [-0.2, 0) is 15.9 Å². The Labute approximate surface area is 233 Å². The molecule has 0 radical (unpaired) electrons. The highest BCUT2D eigenvalue weighted by Gasteiger charge is 2.16. The van der Waals surface area contributed by atoms with Gasteiger partial charge in [0.25, 0.3) is 0 Å². The maximum Gasteiger partial charge on any atom is 0.338 e. The van der Waals surface area contributed by atoms with Gasteiger partial charge < -0.3 is 9.47 Å². The molecule has 0 bridgehead atoms. The topological polar surface area (TPSA) is 91.3 Å². The summed E-state index contributed by atoms with van der Waals surface area (Å²) in [5.41, 5.74) is 3.71. The molecule has 8 heteroatoms. The fourth-order valence-corrected chi connectivity index (χ4v) is 5.16. The number of thiophene rings is 1. The Morgan fingerprint density at radius 2 is 1.46 bits per heavy atom. The van der Waals surface area contributed by atoms with Crippen molar-refractivity contribution in [3.8, 4) is 33.2 Å². The van der Waals surface area contributed by atoms with Gasteiger partial charge in [-0.25, -0.2) is 14.6 Å². The lowest BCUT2D eigenvalue weighted by Gasteiger charge is -2.10. The van der Waals surface area contributed by atoms with Gasteiger partial charge in [0.05, 0.1) is 47.1 Å². The number of pyridine rings is 3. The van der Waals surface area contributed by atoms with Crippen LogP contribution in [0.3, 0.4) is 0 Å². The zero-order valence-electron chi connectivity index (χ0n) is 22.6. The predicted molar refractivity (Wildman–Crippen MR) is 154 cm³/mol. The summed E-state index contributed by atoms with van der Waals surface area (Å²) in [5, 5.41) is 0. The first-order valence-corrected chi connectivity index (χ1v) is 14.2. The standard InChI is InChI=1S/C31H33N3O4S/c1-4-7-8-9-10-24-12-14-29(39-24)22-11-13-25(33-20-22)27-18-23(31(36)38-6-3)19-28(34-27)26-17-21(15-16-32-26)30(35)37-5-2/h11-20H,4-10H2,1-3H3. The van der Waals surface area contributed by atoms with Crippen molar-refractivity contribution in [2.75, 3.05) is 13.2 Å². The number of hydrogen-bond donors (Lipinski definition) is 0. The van der Waals surface area contributed by atoms with Crippen LogP contribution in [0, 0.1) is 0 Å². The summed E-state index contributed by atoms with van der Waals surface area (Å²) in [6.45, 7) is 6.25. The van der Waals surface area contributed by atoms with Crippen LogP contribution in [0.15, 0.2) is 60.9 Å². The van der Waals surface area contributed by atoms with Crippen LogP contribution in [-0.4, -0.2) is 40.1 Å². The van der Waals surface area contributed by atoms with Gasteiger partial charge in [-0.3, -0.25) is 9.97 Å². The van der Waals surface area contributed by atoms with E-state index in [-0.39, 0.29) is 13.2 Å². The SMILES string of the molecule is CCCCCCc1ccc(-c2ccc(-c3cc(C(=O)OCC)cc(-c4cc(C(=O)OCC)ccn4)n3)nc2)s1. The Morgan fingerprint density at radius 1 is 0.744 bits per heavy atom. The van der Waals surface area contributed by atoms with Crippen LogP contribution in [0.5, 0.6) is 0 Å². The van der Waals surface area contributed by atoms with Crippen LogP contribution < -0.4 is 0 Å². The van der Waals surface area contributed by atoms with Crippen LogP contribution in [0.2, 0.25) is 0 Å². The van der Waals surface area contributed by atoms with Gasteiger partial charge >= 0.3 is 11.9 Å².